The largest absolute Gasteiger partial charge is 0.492 e. The summed E-state index contributed by atoms with van der Waals surface area (Å²) in [7, 11) is -3.98. The number of rotatable bonds is 8. The van der Waals surface area contributed by atoms with Crippen molar-refractivity contribution in [1.82, 2.24) is 5.32 Å². The highest BCUT2D eigenvalue weighted by Gasteiger charge is 2.20. The van der Waals surface area contributed by atoms with Crippen LogP contribution in [0, 0.1) is 6.92 Å². The first-order valence-corrected chi connectivity index (χ1v) is 11.5. The molecule has 0 spiro atoms. The molecule has 0 fully saturated rings. The molecule has 3 rings (SSSR count). The maximum atomic E-state index is 12.8. The Hall–Kier alpha value is -2.74. The van der Waals surface area contributed by atoms with Gasteiger partial charge in [0.25, 0.3) is 15.9 Å². The highest BCUT2D eigenvalue weighted by molar-refractivity contribution is 7.92. The monoisotopic (exact) mass is 478 g/mol. The van der Waals surface area contributed by atoms with Crippen LogP contribution in [0.5, 0.6) is 5.75 Å². The van der Waals surface area contributed by atoms with Crippen LogP contribution in [0.3, 0.4) is 0 Å². The van der Waals surface area contributed by atoms with Crippen molar-refractivity contribution in [3.05, 3.63) is 87.9 Å². The van der Waals surface area contributed by atoms with Crippen molar-refractivity contribution in [2.24, 2.45) is 0 Å². The van der Waals surface area contributed by atoms with Crippen molar-refractivity contribution in [2.75, 3.05) is 17.9 Å². The van der Waals surface area contributed by atoms with Crippen LogP contribution in [0.1, 0.15) is 15.9 Å². The summed E-state index contributed by atoms with van der Waals surface area (Å²) in [6.45, 7) is 2.32. The molecule has 0 bridgehead atoms. The number of benzene rings is 3. The van der Waals surface area contributed by atoms with Crippen LogP contribution >= 0.6 is 23.2 Å². The number of anilines is 1. The van der Waals surface area contributed by atoms with Gasteiger partial charge in [0, 0.05) is 16.3 Å². The number of nitrogens with one attached hydrogen (secondary N) is 2. The van der Waals surface area contributed by atoms with Gasteiger partial charge in [-0.3, -0.25) is 9.52 Å². The Balaban J connectivity index is 1.65. The summed E-state index contributed by atoms with van der Waals surface area (Å²) in [4.78, 5) is 12.3. The standard InChI is InChI=1S/C22H20Cl2N2O4S/c1-15-3-2-4-18(13-15)26-31(28,29)21-14-16(5-10-20(21)24)22(27)25-11-12-30-19-8-6-17(23)7-9-19/h2-10,13-14,26H,11-12H2,1H3,(H,25,27). The van der Waals surface area contributed by atoms with Gasteiger partial charge in [0.15, 0.2) is 0 Å². The van der Waals surface area contributed by atoms with E-state index in [9.17, 15) is 13.2 Å². The summed E-state index contributed by atoms with van der Waals surface area (Å²) in [6.07, 6.45) is 0. The molecule has 31 heavy (non-hydrogen) atoms. The van der Waals surface area contributed by atoms with Crippen molar-refractivity contribution in [1.29, 1.82) is 0 Å². The second-order valence-electron chi connectivity index (χ2n) is 6.68. The van der Waals surface area contributed by atoms with E-state index in [2.05, 4.69) is 10.0 Å². The predicted molar refractivity (Wildman–Crippen MR) is 123 cm³/mol. The van der Waals surface area contributed by atoms with Gasteiger partial charge >= 0.3 is 0 Å². The number of carbonyl (C=O) groups excluding carboxylic acids is 1. The van der Waals surface area contributed by atoms with E-state index >= 15 is 0 Å². The predicted octanol–water partition coefficient (Wildman–Crippen LogP) is 4.91. The maximum absolute atomic E-state index is 12.8. The molecule has 0 atom stereocenters. The molecule has 0 aliphatic rings. The average Bonchev–Trinajstić information content (AvgIpc) is 2.72. The fourth-order valence-electron chi connectivity index (χ4n) is 2.74. The molecule has 162 valence electrons. The second kappa shape index (κ2) is 10.0. The molecule has 1 amide bonds. The Kier molecular flexibility index (Phi) is 7.43. The Morgan fingerprint density at radius 3 is 2.45 bits per heavy atom. The molecule has 0 unspecified atom stereocenters. The first-order valence-electron chi connectivity index (χ1n) is 9.30. The molecule has 2 N–H and O–H groups in total. The smallest absolute Gasteiger partial charge is 0.263 e. The molecular weight excluding hydrogens is 459 g/mol. The Morgan fingerprint density at radius 2 is 1.74 bits per heavy atom. The topological polar surface area (TPSA) is 84.5 Å². The molecule has 6 nitrogen and oxygen atoms in total. The zero-order valence-electron chi connectivity index (χ0n) is 16.6. The second-order valence-corrected chi connectivity index (χ2v) is 9.17. The summed E-state index contributed by atoms with van der Waals surface area (Å²) < 4.78 is 33.6. The number of hydrogen-bond acceptors (Lipinski definition) is 4. The van der Waals surface area contributed by atoms with Gasteiger partial charge in [0.1, 0.15) is 17.3 Å². The molecule has 3 aromatic rings. The van der Waals surface area contributed by atoms with Crippen LogP contribution in [0.2, 0.25) is 10.0 Å². The molecule has 0 aliphatic carbocycles. The van der Waals surface area contributed by atoms with E-state index < -0.39 is 15.9 Å². The molecule has 0 saturated heterocycles. The number of aryl methyl sites for hydroxylation is 1. The fraction of sp³-hybridized carbons (Fsp3) is 0.136. The maximum Gasteiger partial charge on any atom is 0.263 e. The van der Waals surface area contributed by atoms with Gasteiger partial charge < -0.3 is 10.1 Å². The lowest BCUT2D eigenvalue weighted by Gasteiger charge is -2.12. The minimum atomic E-state index is -3.98. The van der Waals surface area contributed by atoms with Crippen LogP contribution in [-0.2, 0) is 10.0 Å². The lowest BCUT2D eigenvalue weighted by atomic mass is 10.2. The van der Waals surface area contributed by atoms with Gasteiger partial charge in [-0.2, -0.15) is 0 Å². The van der Waals surface area contributed by atoms with E-state index in [-0.39, 0.29) is 28.6 Å². The van der Waals surface area contributed by atoms with Crippen molar-refractivity contribution in [2.45, 2.75) is 11.8 Å². The van der Waals surface area contributed by atoms with E-state index in [0.717, 1.165) is 5.56 Å². The summed E-state index contributed by atoms with van der Waals surface area (Å²) in [5, 5.41) is 3.31. The molecule has 9 heteroatoms. The highest BCUT2D eigenvalue weighted by Crippen LogP contribution is 2.25. The molecule has 0 aliphatic heterocycles. The van der Waals surface area contributed by atoms with Gasteiger partial charge in [0.2, 0.25) is 0 Å². The summed E-state index contributed by atoms with van der Waals surface area (Å²) in [5.74, 6) is 0.184. The lowest BCUT2D eigenvalue weighted by Crippen LogP contribution is -2.28. The summed E-state index contributed by atoms with van der Waals surface area (Å²) >= 11 is 11.9. The van der Waals surface area contributed by atoms with Gasteiger partial charge in [-0.15, -0.1) is 0 Å². The van der Waals surface area contributed by atoms with Crippen LogP contribution in [0.4, 0.5) is 5.69 Å². The van der Waals surface area contributed by atoms with Gasteiger partial charge in [-0.25, -0.2) is 8.42 Å². The molecule has 3 aromatic carbocycles. The van der Waals surface area contributed by atoms with Crippen molar-refractivity contribution >= 4 is 44.8 Å². The number of halogens is 2. The number of amides is 1. The first kappa shape index (κ1) is 22.9. The van der Waals surface area contributed by atoms with Crippen LogP contribution < -0.4 is 14.8 Å². The van der Waals surface area contributed by atoms with E-state index in [1.807, 2.05) is 13.0 Å². The van der Waals surface area contributed by atoms with E-state index in [1.54, 1.807) is 42.5 Å². The van der Waals surface area contributed by atoms with Gasteiger partial charge in [-0.05, 0) is 67.1 Å². The Bertz CT molecular complexity index is 1180. The fourth-order valence-corrected chi connectivity index (χ4v) is 4.44. The van der Waals surface area contributed by atoms with Gasteiger partial charge in [0.05, 0.1) is 11.6 Å². The average molecular weight is 479 g/mol. The zero-order valence-corrected chi connectivity index (χ0v) is 18.9. The van der Waals surface area contributed by atoms with Crippen molar-refractivity contribution < 1.29 is 17.9 Å². The molecule has 0 radical (unpaired) electrons. The van der Waals surface area contributed by atoms with Crippen molar-refractivity contribution in [3.8, 4) is 5.75 Å². The van der Waals surface area contributed by atoms with E-state index in [0.29, 0.717) is 16.5 Å². The SMILES string of the molecule is Cc1cccc(NS(=O)(=O)c2cc(C(=O)NCCOc3ccc(Cl)cc3)ccc2Cl)c1. The Labute approximate surface area is 191 Å². The molecule has 0 saturated carbocycles. The number of hydrogen-bond donors (Lipinski definition) is 2. The number of sulfonamides is 1. The molecule has 0 aromatic heterocycles. The van der Waals surface area contributed by atoms with Crippen LogP contribution in [-0.4, -0.2) is 27.5 Å². The quantitative estimate of drug-likeness (QED) is 0.450. The highest BCUT2D eigenvalue weighted by atomic mass is 35.5. The lowest BCUT2D eigenvalue weighted by molar-refractivity contribution is 0.0947. The minimum absolute atomic E-state index is 0.0165. The minimum Gasteiger partial charge on any atom is -0.492 e. The third-order valence-corrected chi connectivity index (χ3v) is 6.34. The normalized spacial score (nSPS) is 11.1. The van der Waals surface area contributed by atoms with Crippen LogP contribution in [0.25, 0.3) is 0 Å². The number of carbonyl (C=O) groups is 1. The zero-order chi connectivity index (χ0) is 22.4. The molecule has 0 heterocycles. The Morgan fingerprint density at radius 1 is 1.00 bits per heavy atom. The first-order chi connectivity index (χ1) is 14.7. The van der Waals surface area contributed by atoms with E-state index in [1.165, 1.54) is 18.2 Å². The molecular formula is C22H20Cl2N2O4S. The van der Waals surface area contributed by atoms with Crippen LogP contribution in [0.15, 0.2) is 71.6 Å². The van der Waals surface area contributed by atoms with E-state index in [4.69, 9.17) is 27.9 Å². The van der Waals surface area contributed by atoms with Gasteiger partial charge in [-0.1, -0.05) is 35.3 Å². The third kappa shape index (κ3) is 6.37. The summed E-state index contributed by atoms with van der Waals surface area (Å²) in [6, 6.07) is 17.9. The summed E-state index contributed by atoms with van der Waals surface area (Å²) in [5.41, 5.74) is 1.48. The third-order valence-electron chi connectivity index (χ3n) is 4.22. The van der Waals surface area contributed by atoms with Crippen molar-refractivity contribution in [3.63, 3.8) is 0 Å². The number of ether oxygens (including phenoxy) is 1.